The summed E-state index contributed by atoms with van der Waals surface area (Å²) in [5, 5.41) is 3.51. The van der Waals surface area contributed by atoms with E-state index in [1.54, 1.807) is 20.8 Å². The normalized spacial score (nSPS) is 12.9. The van der Waals surface area contributed by atoms with Gasteiger partial charge in [-0.3, -0.25) is 0 Å². The molecule has 1 atom stereocenters. The SMILES string of the molecule is COc1nc(Cl)c(C(CN)CNC(=O)OC(C)(C)C)s1. The molecule has 1 unspecified atom stereocenters. The molecule has 0 aliphatic heterocycles. The van der Waals surface area contributed by atoms with Crippen LogP contribution in [0.4, 0.5) is 4.79 Å². The highest BCUT2D eigenvalue weighted by Gasteiger charge is 2.21. The molecule has 1 rings (SSSR count). The lowest BCUT2D eigenvalue weighted by molar-refractivity contribution is 0.0525. The highest BCUT2D eigenvalue weighted by molar-refractivity contribution is 7.14. The van der Waals surface area contributed by atoms with Gasteiger partial charge in [-0.25, -0.2) is 4.79 Å². The van der Waals surface area contributed by atoms with E-state index in [-0.39, 0.29) is 5.92 Å². The first-order valence-corrected chi connectivity index (χ1v) is 7.33. The summed E-state index contributed by atoms with van der Waals surface area (Å²) in [5.74, 6) is -0.128. The van der Waals surface area contributed by atoms with E-state index in [9.17, 15) is 4.79 Å². The monoisotopic (exact) mass is 321 g/mol. The molecule has 1 heterocycles. The summed E-state index contributed by atoms with van der Waals surface area (Å²) >= 11 is 7.36. The fourth-order valence-corrected chi connectivity index (χ4v) is 2.72. The van der Waals surface area contributed by atoms with Crippen molar-refractivity contribution in [2.45, 2.75) is 32.3 Å². The van der Waals surface area contributed by atoms with Gasteiger partial charge < -0.3 is 20.5 Å². The first-order chi connectivity index (χ1) is 9.26. The van der Waals surface area contributed by atoms with E-state index < -0.39 is 11.7 Å². The Labute approximate surface area is 127 Å². The van der Waals surface area contributed by atoms with Crippen LogP contribution in [0.15, 0.2) is 0 Å². The minimum Gasteiger partial charge on any atom is -0.473 e. The van der Waals surface area contributed by atoms with Gasteiger partial charge in [-0.1, -0.05) is 22.9 Å². The fraction of sp³-hybridized carbons (Fsp3) is 0.667. The Hall–Kier alpha value is -1.05. The van der Waals surface area contributed by atoms with Crippen LogP contribution < -0.4 is 15.8 Å². The lowest BCUT2D eigenvalue weighted by atomic mass is 10.1. The number of hydrogen-bond acceptors (Lipinski definition) is 6. The van der Waals surface area contributed by atoms with Crippen LogP contribution in [0.1, 0.15) is 31.6 Å². The molecule has 0 aromatic carbocycles. The molecule has 114 valence electrons. The van der Waals surface area contributed by atoms with Crippen molar-refractivity contribution in [3.8, 4) is 5.19 Å². The van der Waals surface area contributed by atoms with Gasteiger partial charge >= 0.3 is 6.09 Å². The number of thiazole rings is 1. The first-order valence-electron chi connectivity index (χ1n) is 6.14. The van der Waals surface area contributed by atoms with E-state index in [1.165, 1.54) is 18.4 Å². The number of nitrogens with zero attached hydrogens (tertiary/aromatic N) is 1. The number of amides is 1. The molecule has 1 aromatic rings. The number of methoxy groups -OCH3 is 1. The molecule has 0 saturated carbocycles. The number of alkyl carbamates (subject to hydrolysis) is 1. The zero-order valence-corrected chi connectivity index (χ0v) is 13.6. The van der Waals surface area contributed by atoms with E-state index in [0.717, 1.165) is 4.88 Å². The minimum absolute atomic E-state index is 0.128. The summed E-state index contributed by atoms with van der Waals surface area (Å²) in [6.07, 6.45) is -0.483. The average Bonchev–Trinajstić information content (AvgIpc) is 2.69. The molecule has 3 N–H and O–H groups in total. The van der Waals surface area contributed by atoms with Crippen LogP contribution in [0.3, 0.4) is 0 Å². The van der Waals surface area contributed by atoms with Crippen LogP contribution in [0, 0.1) is 0 Å². The van der Waals surface area contributed by atoms with Gasteiger partial charge in [-0.15, -0.1) is 0 Å². The van der Waals surface area contributed by atoms with E-state index in [0.29, 0.717) is 23.4 Å². The Balaban J connectivity index is 2.63. The molecule has 0 aliphatic rings. The summed E-state index contributed by atoms with van der Waals surface area (Å²) in [6, 6.07) is 0. The Bertz CT molecular complexity index is 459. The molecule has 0 aliphatic carbocycles. The smallest absolute Gasteiger partial charge is 0.407 e. The van der Waals surface area contributed by atoms with Crippen molar-refractivity contribution in [2.24, 2.45) is 5.73 Å². The summed E-state index contributed by atoms with van der Waals surface area (Å²) in [6.45, 7) is 6.07. The van der Waals surface area contributed by atoms with Gasteiger partial charge in [0, 0.05) is 19.0 Å². The molecular weight excluding hydrogens is 302 g/mol. The van der Waals surface area contributed by atoms with Crippen molar-refractivity contribution in [1.29, 1.82) is 0 Å². The highest BCUT2D eigenvalue weighted by atomic mass is 35.5. The Morgan fingerprint density at radius 1 is 1.55 bits per heavy atom. The summed E-state index contributed by atoms with van der Waals surface area (Å²) in [7, 11) is 1.52. The quantitative estimate of drug-likeness (QED) is 0.869. The number of hydrogen-bond donors (Lipinski definition) is 2. The Morgan fingerprint density at radius 3 is 2.65 bits per heavy atom. The molecule has 0 spiro atoms. The summed E-state index contributed by atoms with van der Waals surface area (Å²) in [5.41, 5.74) is 5.19. The molecular formula is C12H20ClN3O3S. The lowest BCUT2D eigenvalue weighted by Gasteiger charge is -2.21. The van der Waals surface area contributed by atoms with Gasteiger partial charge in [0.05, 0.1) is 12.0 Å². The van der Waals surface area contributed by atoms with Crippen LogP contribution in [0.2, 0.25) is 5.15 Å². The van der Waals surface area contributed by atoms with Crippen LogP contribution in [0.5, 0.6) is 5.19 Å². The molecule has 20 heavy (non-hydrogen) atoms. The second-order valence-electron chi connectivity index (χ2n) is 5.15. The number of carbonyl (C=O) groups excluding carboxylic acids is 1. The zero-order valence-electron chi connectivity index (χ0n) is 12.0. The topological polar surface area (TPSA) is 86.5 Å². The van der Waals surface area contributed by atoms with Gasteiger partial charge in [-0.05, 0) is 20.8 Å². The standard InChI is InChI=1S/C12H20ClN3O3S/c1-12(2,3)19-10(17)15-6-7(5-14)8-9(13)16-11(18-4)20-8/h7H,5-6,14H2,1-4H3,(H,15,17). The molecule has 6 nitrogen and oxygen atoms in total. The molecule has 0 radical (unpaired) electrons. The predicted molar refractivity (Wildman–Crippen MR) is 79.7 cm³/mol. The third-order valence-corrected chi connectivity index (χ3v) is 3.89. The number of nitrogens with one attached hydrogen (secondary N) is 1. The number of nitrogens with two attached hydrogens (primary N) is 1. The molecule has 0 fully saturated rings. The van der Waals surface area contributed by atoms with Crippen molar-refractivity contribution in [2.75, 3.05) is 20.2 Å². The van der Waals surface area contributed by atoms with E-state index in [1.807, 2.05) is 0 Å². The maximum absolute atomic E-state index is 11.6. The van der Waals surface area contributed by atoms with Crippen molar-refractivity contribution in [3.05, 3.63) is 10.0 Å². The number of rotatable bonds is 5. The first kappa shape index (κ1) is 17.0. The van der Waals surface area contributed by atoms with E-state index >= 15 is 0 Å². The number of aromatic nitrogens is 1. The molecule has 1 aromatic heterocycles. The molecule has 8 heteroatoms. The maximum Gasteiger partial charge on any atom is 0.407 e. The molecule has 0 saturated heterocycles. The zero-order chi connectivity index (χ0) is 15.3. The molecule has 0 bridgehead atoms. The minimum atomic E-state index is -0.534. The van der Waals surface area contributed by atoms with Crippen LogP contribution in [-0.4, -0.2) is 36.9 Å². The predicted octanol–water partition coefficient (Wildman–Crippen LogP) is 2.37. The van der Waals surface area contributed by atoms with Crippen molar-refractivity contribution in [3.63, 3.8) is 0 Å². The van der Waals surface area contributed by atoms with Gasteiger partial charge in [0.2, 0.25) is 0 Å². The molecule has 1 amide bonds. The van der Waals surface area contributed by atoms with Crippen LogP contribution in [-0.2, 0) is 4.74 Å². The largest absolute Gasteiger partial charge is 0.473 e. The number of carbonyl (C=O) groups is 1. The van der Waals surface area contributed by atoms with Crippen molar-refractivity contribution < 1.29 is 14.3 Å². The third-order valence-electron chi connectivity index (χ3n) is 2.31. The van der Waals surface area contributed by atoms with Crippen molar-refractivity contribution in [1.82, 2.24) is 10.3 Å². The van der Waals surface area contributed by atoms with E-state index in [4.69, 9.17) is 26.8 Å². The second-order valence-corrected chi connectivity index (χ2v) is 6.51. The number of halogens is 1. The second kappa shape index (κ2) is 7.10. The number of ether oxygens (including phenoxy) is 2. The summed E-state index contributed by atoms with van der Waals surface area (Å²) in [4.78, 5) is 16.5. The summed E-state index contributed by atoms with van der Waals surface area (Å²) < 4.78 is 10.2. The van der Waals surface area contributed by atoms with E-state index in [2.05, 4.69) is 10.3 Å². The Kier molecular flexibility index (Phi) is 6.04. The van der Waals surface area contributed by atoms with Gasteiger partial charge in [0.15, 0.2) is 0 Å². The lowest BCUT2D eigenvalue weighted by Crippen LogP contribution is -2.36. The highest BCUT2D eigenvalue weighted by Crippen LogP contribution is 2.33. The fourth-order valence-electron chi connectivity index (χ4n) is 1.44. The van der Waals surface area contributed by atoms with Crippen LogP contribution >= 0.6 is 22.9 Å². The Morgan fingerprint density at radius 2 is 2.20 bits per heavy atom. The van der Waals surface area contributed by atoms with Gasteiger partial charge in [-0.2, -0.15) is 4.98 Å². The van der Waals surface area contributed by atoms with Gasteiger partial charge in [0.25, 0.3) is 5.19 Å². The third kappa shape index (κ3) is 5.15. The average molecular weight is 322 g/mol. The van der Waals surface area contributed by atoms with Crippen molar-refractivity contribution >= 4 is 29.0 Å². The maximum atomic E-state index is 11.6. The van der Waals surface area contributed by atoms with Gasteiger partial charge in [0.1, 0.15) is 10.8 Å². The van der Waals surface area contributed by atoms with Crippen LogP contribution in [0.25, 0.3) is 0 Å².